The van der Waals surface area contributed by atoms with Crippen LogP contribution >= 0.6 is 0 Å². The SMILES string of the molecule is Cc1ccc2c(n1)oc1c(-c3cc(C(C)C)cc[n+]3C)c(C)ccc12.Cc1ccc2c(n1)oc1c(-c3cccc[n+]3C)c(C)ccc12.Cc1ccc2c(n1)oc1c(-c3cccc[n+]3C)c(C)ccc12.[2H]C(C)(C)c1cc[n+](C)c(-c2c(C)ccc3c2oc2nc(C)ccc23)c1.[2H]C([2H])([2H])C([2H])(C)c1cc[n+](C)c(-c2c(C)ccc3c2oc2nc(C)ccc23)c1. The van der Waals surface area contributed by atoms with Crippen LogP contribution in [-0.2, 0) is 35.2 Å². The normalized spacial score (nSPS) is 12.9. The van der Waals surface area contributed by atoms with Crippen LogP contribution in [0, 0.1) is 69.2 Å². The van der Waals surface area contributed by atoms with Crippen molar-refractivity contribution in [1.82, 2.24) is 24.9 Å². The fraction of sp³-hybridized carbons (Fsp3) is 0.231. The number of aryl methyl sites for hydroxylation is 15. The number of pyridine rings is 10. The van der Waals surface area contributed by atoms with E-state index in [2.05, 4.69) is 240 Å². The van der Waals surface area contributed by atoms with Crippen molar-refractivity contribution in [2.75, 3.05) is 0 Å². The van der Waals surface area contributed by atoms with Gasteiger partial charge in [-0.25, -0.2) is 47.8 Å². The average molecular weight is 1580 g/mol. The molecule has 0 radical (unpaired) electrons. The van der Waals surface area contributed by atoms with E-state index in [9.17, 15) is 0 Å². The maximum absolute atomic E-state index is 8.47. The lowest BCUT2D eigenvalue weighted by Crippen LogP contribution is -2.31. The number of benzene rings is 5. The molecular weight excluding hydrogens is 1470 g/mol. The molecule has 20 aromatic rings. The molecule has 15 heterocycles. The van der Waals surface area contributed by atoms with Gasteiger partial charge in [0.2, 0.25) is 57.0 Å². The molecule has 15 aromatic heterocycles. The van der Waals surface area contributed by atoms with Crippen LogP contribution in [0.2, 0.25) is 0 Å². The van der Waals surface area contributed by atoms with E-state index in [4.69, 9.17) is 28.9 Å². The smallest absolute Gasteiger partial charge is 0.227 e. The highest BCUT2D eigenvalue weighted by Crippen LogP contribution is 2.43. The average Bonchev–Trinajstić information content (AvgIpc) is 1.57. The Morgan fingerprint density at radius 2 is 0.496 bits per heavy atom. The fourth-order valence-corrected chi connectivity index (χ4v) is 16.1. The Hall–Kier alpha value is -13.4. The zero-order valence-corrected chi connectivity index (χ0v) is 71.5. The molecule has 15 nitrogen and oxygen atoms in total. The first-order valence-corrected chi connectivity index (χ1v) is 40.4. The summed E-state index contributed by atoms with van der Waals surface area (Å²) in [6, 6.07) is 66.1. The molecule has 0 fully saturated rings. The second-order valence-electron chi connectivity index (χ2n) is 32.2. The summed E-state index contributed by atoms with van der Waals surface area (Å²) in [7, 11) is 10.1. The highest BCUT2D eigenvalue weighted by atomic mass is 16.4. The van der Waals surface area contributed by atoms with Gasteiger partial charge in [0.25, 0.3) is 0 Å². The minimum Gasteiger partial charge on any atom is -0.437 e. The number of hydrogen-bond donors (Lipinski definition) is 0. The van der Waals surface area contributed by atoms with Gasteiger partial charge in [-0.1, -0.05) is 102 Å². The first-order chi connectivity index (χ1) is 59.0. The van der Waals surface area contributed by atoms with E-state index < -0.39 is 18.6 Å². The van der Waals surface area contributed by atoms with Gasteiger partial charge in [-0.15, -0.1) is 0 Å². The molecule has 0 aliphatic rings. The lowest BCUT2D eigenvalue weighted by atomic mass is 9.97. The number of rotatable bonds is 8. The summed E-state index contributed by atoms with van der Waals surface area (Å²) in [5.74, 6) is -1.89. The molecule has 119 heavy (non-hydrogen) atoms. The summed E-state index contributed by atoms with van der Waals surface area (Å²) < 4.78 is 81.5. The van der Waals surface area contributed by atoms with E-state index >= 15 is 0 Å². The molecule has 0 spiro atoms. The predicted molar refractivity (Wildman–Crippen MR) is 480 cm³/mol. The van der Waals surface area contributed by atoms with Crippen LogP contribution in [0.15, 0.2) is 247 Å². The van der Waals surface area contributed by atoms with Gasteiger partial charge >= 0.3 is 0 Å². The van der Waals surface area contributed by atoms with Crippen molar-refractivity contribution < 1.29 is 51.8 Å². The molecule has 594 valence electrons. The molecule has 1 unspecified atom stereocenters. The standard InChI is InChI=1S/3C22H23N2O.2C19H17N2O/c3*1-13(2)16-10-11-24(5)19(12-16)20-14(3)6-8-17-18-9-7-15(4)23-22(18)25-21(17)20;2*1-12-7-9-14-15-10-8-13(2)20-19(15)22-18(14)17(12)16-6-4-5-11-21(16)3/h3*6-13H,1-5H3;2*4-11H,1-3H3/q5*+1/i1D3,13D;13D;;;. The summed E-state index contributed by atoms with van der Waals surface area (Å²) in [5, 5.41) is 10.6. The molecular formula is C104H103N10O5+5. The molecule has 1 atom stereocenters. The van der Waals surface area contributed by atoms with E-state index in [0.29, 0.717) is 45.6 Å². The molecule has 0 saturated carbocycles. The fourth-order valence-electron chi connectivity index (χ4n) is 16.1. The van der Waals surface area contributed by atoms with Gasteiger partial charge in [0.15, 0.2) is 58.9 Å². The first kappa shape index (κ1) is 73.2. The largest absolute Gasteiger partial charge is 0.437 e. The monoisotopic (exact) mass is 1580 g/mol. The van der Waals surface area contributed by atoms with Crippen LogP contribution in [0.25, 0.3) is 167 Å². The maximum atomic E-state index is 8.47. The Bertz CT molecular complexity index is 7460. The summed E-state index contributed by atoms with van der Waals surface area (Å²) in [5.41, 5.74) is 31.6. The van der Waals surface area contributed by atoms with Crippen molar-refractivity contribution in [3.05, 3.63) is 298 Å². The van der Waals surface area contributed by atoms with E-state index in [0.717, 1.165) is 172 Å². The lowest BCUT2D eigenvalue weighted by Gasteiger charge is -2.09. The second kappa shape index (κ2) is 32.2. The van der Waals surface area contributed by atoms with Gasteiger partial charge in [0, 0.05) is 150 Å². The third-order valence-corrected chi connectivity index (χ3v) is 22.8. The third kappa shape index (κ3) is 15.1. The Morgan fingerprint density at radius 3 is 0.748 bits per heavy atom. The topological polar surface area (TPSA) is 150 Å². The molecule has 0 aliphatic heterocycles. The van der Waals surface area contributed by atoms with Crippen molar-refractivity contribution in [2.45, 2.75) is 128 Å². The van der Waals surface area contributed by atoms with Crippen LogP contribution in [-0.4, -0.2) is 24.9 Å². The van der Waals surface area contributed by atoms with E-state index in [1.54, 1.807) is 18.3 Å². The Morgan fingerprint density at radius 1 is 0.261 bits per heavy atom. The van der Waals surface area contributed by atoms with Gasteiger partial charge in [-0.05, 0) is 204 Å². The Balaban J connectivity index is 0.000000115. The van der Waals surface area contributed by atoms with E-state index in [-0.39, 0.29) is 0 Å². The molecule has 20 rings (SSSR count). The van der Waals surface area contributed by atoms with Crippen molar-refractivity contribution in [1.29, 1.82) is 0 Å². The van der Waals surface area contributed by atoms with Gasteiger partial charge in [0.05, 0.1) is 27.8 Å². The van der Waals surface area contributed by atoms with Crippen LogP contribution in [0.5, 0.6) is 0 Å². The molecule has 0 saturated heterocycles. The van der Waals surface area contributed by atoms with E-state index in [1.165, 1.54) is 34.9 Å². The van der Waals surface area contributed by atoms with Crippen molar-refractivity contribution in [3.8, 4) is 56.3 Å². The van der Waals surface area contributed by atoms with Crippen LogP contribution in [0.4, 0.5) is 0 Å². The van der Waals surface area contributed by atoms with Crippen molar-refractivity contribution >= 4 is 110 Å². The maximum Gasteiger partial charge on any atom is 0.227 e. The summed E-state index contributed by atoms with van der Waals surface area (Å²) >= 11 is 0. The Labute approximate surface area is 701 Å². The van der Waals surface area contributed by atoms with Gasteiger partial charge in [-0.3, -0.25) is 0 Å². The molecule has 5 aromatic carbocycles. The molecule has 15 heteroatoms. The Kier molecular flexibility index (Phi) is 19.8. The summed E-state index contributed by atoms with van der Waals surface area (Å²) in [6.07, 6.45) is 10.1. The number of fused-ring (bicyclic) bond motifs is 15. The zero-order valence-electron chi connectivity index (χ0n) is 76.5. The van der Waals surface area contributed by atoms with Crippen molar-refractivity contribution in [3.63, 3.8) is 0 Å². The third-order valence-electron chi connectivity index (χ3n) is 22.8. The number of nitrogens with zero attached hydrogens (tertiary/aromatic N) is 10. The number of aromatic nitrogens is 10. The quantitative estimate of drug-likeness (QED) is 0.135. The minimum absolute atomic E-state index is 0.437. The van der Waals surface area contributed by atoms with Crippen LogP contribution < -0.4 is 22.8 Å². The van der Waals surface area contributed by atoms with Gasteiger partial charge in [0.1, 0.15) is 35.2 Å². The highest BCUT2D eigenvalue weighted by molar-refractivity contribution is 6.13. The van der Waals surface area contributed by atoms with Crippen LogP contribution in [0.1, 0.15) is 139 Å². The number of furan rings is 5. The predicted octanol–water partition coefficient (Wildman–Crippen LogP) is 23.8. The number of hydrogen-bond acceptors (Lipinski definition) is 10. The minimum atomic E-state index is -2.44. The zero-order chi connectivity index (χ0) is 88.0. The molecule has 0 amide bonds. The highest BCUT2D eigenvalue weighted by Gasteiger charge is 2.28. The van der Waals surface area contributed by atoms with Crippen molar-refractivity contribution in [2.24, 2.45) is 35.2 Å². The molecule has 0 aliphatic carbocycles. The first-order valence-electron chi connectivity index (χ1n) is 42.9. The van der Waals surface area contributed by atoms with Gasteiger partial charge in [-0.2, -0.15) is 0 Å². The van der Waals surface area contributed by atoms with Gasteiger partial charge < -0.3 is 22.1 Å². The molecule has 0 bridgehead atoms. The lowest BCUT2D eigenvalue weighted by molar-refractivity contribution is -0.660. The summed E-state index contributed by atoms with van der Waals surface area (Å²) in [6.45, 7) is 27.6. The second-order valence-corrected chi connectivity index (χ2v) is 32.2. The van der Waals surface area contributed by atoms with Crippen LogP contribution in [0.3, 0.4) is 0 Å². The van der Waals surface area contributed by atoms with E-state index in [1.807, 2.05) is 147 Å². The molecule has 0 N–H and O–H groups in total. The summed E-state index contributed by atoms with van der Waals surface area (Å²) in [4.78, 5) is 22.7.